The number of alkyl halides is 3. The molecule has 1 unspecified atom stereocenters. The zero-order chi connectivity index (χ0) is 13.1. The summed E-state index contributed by atoms with van der Waals surface area (Å²) in [6.45, 7) is 1.76. The van der Waals surface area contributed by atoms with Gasteiger partial charge in [0.2, 0.25) is 0 Å². The SMILES string of the molecule is Cc1c(Cl)cccc1C(CCC(F)(F)F)NN. The maximum atomic E-state index is 12.2. The van der Waals surface area contributed by atoms with Crippen LogP contribution in [0.3, 0.4) is 0 Å². The molecule has 1 rings (SSSR count). The van der Waals surface area contributed by atoms with Crippen molar-refractivity contribution in [1.82, 2.24) is 5.43 Å². The second-order valence-corrected chi connectivity index (χ2v) is 4.23. The second-order valence-electron chi connectivity index (χ2n) is 3.83. The highest BCUT2D eigenvalue weighted by molar-refractivity contribution is 6.31. The monoisotopic (exact) mass is 266 g/mol. The Bertz CT molecular complexity index is 379. The van der Waals surface area contributed by atoms with Crippen LogP contribution in [0.1, 0.15) is 30.0 Å². The number of nitrogens with one attached hydrogen (secondary N) is 1. The minimum Gasteiger partial charge on any atom is -0.271 e. The minimum absolute atomic E-state index is 0.110. The Morgan fingerprint density at radius 1 is 1.41 bits per heavy atom. The molecular formula is C11H14ClF3N2. The molecule has 2 nitrogen and oxygen atoms in total. The molecule has 0 amide bonds. The standard InChI is InChI=1S/C11H14ClF3N2/c1-7-8(3-2-4-9(7)12)10(17-16)5-6-11(13,14)15/h2-4,10,17H,5-6,16H2,1H3. The van der Waals surface area contributed by atoms with E-state index < -0.39 is 18.6 Å². The Hall–Kier alpha value is -0.780. The predicted molar refractivity (Wildman–Crippen MR) is 61.5 cm³/mol. The Balaban J connectivity index is 2.83. The highest BCUT2D eigenvalue weighted by atomic mass is 35.5. The van der Waals surface area contributed by atoms with Crippen LogP contribution >= 0.6 is 11.6 Å². The van der Waals surface area contributed by atoms with E-state index in [1.165, 1.54) is 0 Å². The molecule has 0 saturated heterocycles. The van der Waals surface area contributed by atoms with Crippen LogP contribution in [0.15, 0.2) is 18.2 Å². The third-order valence-electron chi connectivity index (χ3n) is 2.60. The minimum atomic E-state index is -4.18. The number of nitrogens with two attached hydrogens (primary N) is 1. The molecule has 1 aromatic carbocycles. The molecule has 0 saturated carbocycles. The first-order valence-electron chi connectivity index (χ1n) is 5.13. The molecule has 0 spiro atoms. The highest BCUT2D eigenvalue weighted by Gasteiger charge is 2.28. The van der Waals surface area contributed by atoms with E-state index in [1.54, 1.807) is 25.1 Å². The van der Waals surface area contributed by atoms with Gasteiger partial charge in [0.05, 0.1) is 0 Å². The molecular weight excluding hydrogens is 253 g/mol. The predicted octanol–water partition coefficient (Wildman–Crippen LogP) is 3.50. The normalized spacial score (nSPS) is 13.8. The summed E-state index contributed by atoms with van der Waals surface area (Å²) >= 11 is 5.91. The van der Waals surface area contributed by atoms with E-state index >= 15 is 0 Å². The number of hydrogen-bond donors (Lipinski definition) is 2. The fourth-order valence-electron chi connectivity index (χ4n) is 1.64. The zero-order valence-corrected chi connectivity index (χ0v) is 10.1. The first-order chi connectivity index (χ1) is 7.85. The molecule has 1 aromatic rings. The van der Waals surface area contributed by atoms with Crippen molar-refractivity contribution in [3.63, 3.8) is 0 Å². The van der Waals surface area contributed by atoms with Crippen molar-refractivity contribution in [3.05, 3.63) is 34.3 Å². The fraction of sp³-hybridized carbons (Fsp3) is 0.455. The maximum absolute atomic E-state index is 12.2. The van der Waals surface area contributed by atoms with Gasteiger partial charge >= 0.3 is 6.18 Å². The topological polar surface area (TPSA) is 38.0 Å². The van der Waals surface area contributed by atoms with Crippen LogP contribution in [0.25, 0.3) is 0 Å². The van der Waals surface area contributed by atoms with Crippen molar-refractivity contribution in [3.8, 4) is 0 Å². The number of halogens is 4. The van der Waals surface area contributed by atoms with E-state index in [2.05, 4.69) is 5.43 Å². The fourth-order valence-corrected chi connectivity index (χ4v) is 1.82. The summed E-state index contributed by atoms with van der Waals surface area (Å²) in [5.74, 6) is 5.29. The quantitative estimate of drug-likeness (QED) is 0.647. The molecule has 0 aliphatic rings. The number of hydrogen-bond acceptors (Lipinski definition) is 2. The molecule has 3 N–H and O–H groups in total. The van der Waals surface area contributed by atoms with Gasteiger partial charge in [-0.25, -0.2) is 0 Å². The lowest BCUT2D eigenvalue weighted by Crippen LogP contribution is -2.29. The van der Waals surface area contributed by atoms with Crippen LogP contribution < -0.4 is 11.3 Å². The van der Waals surface area contributed by atoms with Crippen molar-refractivity contribution >= 4 is 11.6 Å². The van der Waals surface area contributed by atoms with Crippen LogP contribution in [0, 0.1) is 6.92 Å². The molecule has 0 aromatic heterocycles. The lowest BCUT2D eigenvalue weighted by atomic mass is 9.98. The molecule has 0 radical (unpaired) electrons. The summed E-state index contributed by atoms with van der Waals surface area (Å²) in [5.41, 5.74) is 3.85. The van der Waals surface area contributed by atoms with E-state index in [4.69, 9.17) is 17.4 Å². The van der Waals surface area contributed by atoms with Gasteiger partial charge < -0.3 is 0 Å². The van der Waals surface area contributed by atoms with Crippen molar-refractivity contribution in [2.24, 2.45) is 5.84 Å². The van der Waals surface area contributed by atoms with Gasteiger partial charge in [-0.15, -0.1) is 0 Å². The average Bonchev–Trinajstić information content (AvgIpc) is 2.23. The van der Waals surface area contributed by atoms with Crippen LogP contribution in [0.2, 0.25) is 5.02 Å². The largest absolute Gasteiger partial charge is 0.389 e. The molecule has 96 valence electrons. The Labute approximate surface area is 103 Å². The van der Waals surface area contributed by atoms with Crippen LogP contribution in [0.4, 0.5) is 13.2 Å². The van der Waals surface area contributed by atoms with Gasteiger partial charge in [0.25, 0.3) is 0 Å². The van der Waals surface area contributed by atoms with Crippen LogP contribution in [0.5, 0.6) is 0 Å². The molecule has 17 heavy (non-hydrogen) atoms. The lowest BCUT2D eigenvalue weighted by Gasteiger charge is -2.19. The Kier molecular flexibility index (Phi) is 4.80. The van der Waals surface area contributed by atoms with Gasteiger partial charge in [0.1, 0.15) is 0 Å². The summed E-state index contributed by atoms with van der Waals surface area (Å²) < 4.78 is 36.5. The number of rotatable bonds is 4. The lowest BCUT2D eigenvalue weighted by molar-refractivity contribution is -0.136. The smallest absolute Gasteiger partial charge is 0.271 e. The molecule has 0 heterocycles. The Morgan fingerprint density at radius 2 is 2.06 bits per heavy atom. The van der Waals surface area contributed by atoms with Crippen molar-refractivity contribution in [2.45, 2.75) is 32.0 Å². The molecule has 1 atom stereocenters. The van der Waals surface area contributed by atoms with E-state index in [0.717, 1.165) is 5.56 Å². The highest BCUT2D eigenvalue weighted by Crippen LogP contribution is 2.30. The van der Waals surface area contributed by atoms with Crippen molar-refractivity contribution in [2.75, 3.05) is 0 Å². The van der Waals surface area contributed by atoms with Gasteiger partial charge in [-0.2, -0.15) is 13.2 Å². The van der Waals surface area contributed by atoms with Gasteiger partial charge in [-0.1, -0.05) is 23.7 Å². The van der Waals surface area contributed by atoms with E-state index in [-0.39, 0.29) is 6.42 Å². The Morgan fingerprint density at radius 3 is 2.59 bits per heavy atom. The molecule has 0 aliphatic heterocycles. The summed E-state index contributed by atoms with van der Waals surface area (Å²) in [6.07, 6.45) is -5.17. The average molecular weight is 267 g/mol. The van der Waals surface area contributed by atoms with Gasteiger partial charge in [0, 0.05) is 17.5 Å². The second kappa shape index (κ2) is 5.71. The summed E-state index contributed by atoms with van der Waals surface area (Å²) in [6, 6.07) is 4.57. The van der Waals surface area contributed by atoms with Crippen LogP contribution in [-0.2, 0) is 0 Å². The van der Waals surface area contributed by atoms with Crippen molar-refractivity contribution in [1.29, 1.82) is 0 Å². The van der Waals surface area contributed by atoms with Gasteiger partial charge in [0.15, 0.2) is 0 Å². The number of hydrazine groups is 1. The van der Waals surface area contributed by atoms with Gasteiger partial charge in [-0.05, 0) is 30.5 Å². The molecule has 0 aliphatic carbocycles. The third kappa shape index (κ3) is 4.18. The molecule has 0 bridgehead atoms. The van der Waals surface area contributed by atoms with Crippen LogP contribution in [-0.4, -0.2) is 6.18 Å². The first-order valence-corrected chi connectivity index (χ1v) is 5.51. The van der Waals surface area contributed by atoms with E-state index in [1.807, 2.05) is 0 Å². The summed E-state index contributed by atoms with van der Waals surface area (Å²) in [4.78, 5) is 0. The van der Waals surface area contributed by atoms with Crippen molar-refractivity contribution < 1.29 is 13.2 Å². The zero-order valence-electron chi connectivity index (χ0n) is 9.31. The van der Waals surface area contributed by atoms with Gasteiger partial charge in [-0.3, -0.25) is 11.3 Å². The number of benzene rings is 1. The van der Waals surface area contributed by atoms with E-state index in [0.29, 0.717) is 10.6 Å². The van der Waals surface area contributed by atoms with E-state index in [9.17, 15) is 13.2 Å². The third-order valence-corrected chi connectivity index (χ3v) is 3.01. The maximum Gasteiger partial charge on any atom is 0.389 e. The molecule has 0 fully saturated rings. The summed E-state index contributed by atoms with van der Waals surface area (Å²) in [5, 5.41) is 0.523. The molecule has 6 heteroatoms. The first kappa shape index (κ1) is 14.3. The summed E-state index contributed by atoms with van der Waals surface area (Å²) in [7, 11) is 0.